The van der Waals surface area contributed by atoms with E-state index in [0.29, 0.717) is 31.0 Å². The van der Waals surface area contributed by atoms with Gasteiger partial charge in [0, 0.05) is 29.7 Å². The first kappa shape index (κ1) is 27.4. The van der Waals surface area contributed by atoms with Gasteiger partial charge in [0.15, 0.2) is 0 Å². The molecule has 11 heteroatoms. The molecule has 0 bridgehead atoms. The Kier molecular flexibility index (Phi) is 8.13. The summed E-state index contributed by atoms with van der Waals surface area (Å²) in [5.41, 5.74) is -1.25. The minimum absolute atomic E-state index is 0.143. The third kappa shape index (κ3) is 6.62. The molecule has 2 fully saturated rings. The summed E-state index contributed by atoms with van der Waals surface area (Å²) >= 11 is 5.95. The fraction of sp³-hybridized carbons (Fsp3) is 0.462. The van der Waals surface area contributed by atoms with Gasteiger partial charge in [-0.2, -0.15) is 13.2 Å². The lowest BCUT2D eigenvalue weighted by Crippen LogP contribution is -2.47. The molecular formula is C26H29ClF3N3O4. The molecule has 2 aromatic carbocycles. The molecule has 1 saturated carbocycles. The Labute approximate surface area is 217 Å². The number of carbonyl (C=O) groups excluding carboxylic acids is 2. The number of benzene rings is 2. The summed E-state index contributed by atoms with van der Waals surface area (Å²) in [4.78, 5) is 26.7. The van der Waals surface area contributed by atoms with Crippen LogP contribution in [0.1, 0.15) is 47.2 Å². The third-order valence-corrected chi connectivity index (χ3v) is 7.46. The molecule has 1 aliphatic heterocycles. The normalized spacial score (nSPS) is 26.6. The van der Waals surface area contributed by atoms with E-state index in [1.165, 1.54) is 6.07 Å². The van der Waals surface area contributed by atoms with Gasteiger partial charge in [0.05, 0.1) is 29.9 Å². The molecule has 200 valence electrons. The summed E-state index contributed by atoms with van der Waals surface area (Å²) < 4.78 is 38.6. The molecule has 1 saturated heterocycles. The summed E-state index contributed by atoms with van der Waals surface area (Å²) in [6, 6.07) is 10.7. The van der Waals surface area contributed by atoms with Crippen molar-refractivity contribution >= 4 is 23.4 Å². The van der Waals surface area contributed by atoms with Crippen molar-refractivity contribution in [3.63, 3.8) is 0 Å². The van der Waals surface area contributed by atoms with E-state index in [0.717, 1.165) is 36.6 Å². The van der Waals surface area contributed by atoms with Crippen molar-refractivity contribution in [2.24, 2.45) is 0 Å². The van der Waals surface area contributed by atoms with E-state index in [9.17, 15) is 33.0 Å². The van der Waals surface area contributed by atoms with E-state index in [4.69, 9.17) is 11.6 Å². The number of nitrogens with one attached hydrogen (secondary N) is 2. The maximum atomic E-state index is 12.9. The van der Waals surface area contributed by atoms with Crippen LogP contribution in [0.25, 0.3) is 0 Å². The Hall–Kier alpha value is -2.66. The van der Waals surface area contributed by atoms with Crippen molar-refractivity contribution in [1.29, 1.82) is 0 Å². The number of nitrogens with zero attached hydrogens (tertiary/aromatic N) is 1. The lowest BCUT2D eigenvalue weighted by molar-refractivity contribution is -0.137. The predicted molar refractivity (Wildman–Crippen MR) is 131 cm³/mol. The molecule has 2 aliphatic rings. The Morgan fingerprint density at radius 3 is 2.41 bits per heavy atom. The van der Waals surface area contributed by atoms with Gasteiger partial charge in [-0.15, -0.1) is 0 Å². The number of carbonyl (C=O) groups is 2. The number of amides is 2. The molecule has 1 heterocycles. The van der Waals surface area contributed by atoms with Crippen molar-refractivity contribution in [1.82, 2.24) is 15.5 Å². The van der Waals surface area contributed by atoms with Crippen LogP contribution in [0.2, 0.25) is 5.02 Å². The first-order valence-corrected chi connectivity index (χ1v) is 12.5. The monoisotopic (exact) mass is 539 g/mol. The minimum atomic E-state index is -4.58. The fourth-order valence-corrected chi connectivity index (χ4v) is 5.23. The molecule has 2 atom stereocenters. The maximum absolute atomic E-state index is 12.9. The van der Waals surface area contributed by atoms with Crippen molar-refractivity contribution < 1.29 is 33.0 Å². The zero-order valence-electron chi connectivity index (χ0n) is 20.0. The van der Waals surface area contributed by atoms with Gasteiger partial charge in [0.25, 0.3) is 5.91 Å². The summed E-state index contributed by atoms with van der Waals surface area (Å²) in [5.74, 6) is -1.35. The van der Waals surface area contributed by atoms with Crippen molar-refractivity contribution in [2.45, 2.75) is 55.6 Å². The average molecular weight is 540 g/mol. The number of aliphatic hydroxyl groups is 2. The highest BCUT2D eigenvalue weighted by molar-refractivity contribution is 6.30. The third-order valence-electron chi connectivity index (χ3n) is 7.21. The van der Waals surface area contributed by atoms with Crippen LogP contribution < -0.4 is 10.6 Å². The van der Waals surface area contributed by atoms with Crippen LogP contribution in [0, 0.1) is 0 Å². The zero-order chi connectivity index (χ0) is 26.8. The number of aliphatic hydroxyl groups excluding tert-OH is 1. The second-order valence-corrected chi connectivity index (χ2v) is 10.2. The molecule has 4 rings (SSSR count). The maximum Gasteiger partial charge on any atom is 0.416 e. The molecule has 1 aliphatic carbocycles. The van der Waals surface area contributed by atoms with Gasteiger partial charge in [0.2, 0.25) is 5.91 Å². The van der Waals surface area contributed by atoms with E-state index in [1.807, 2.05) is 12.1 Å². The molecule has 0 aromatic heterocycles. The van der Waals surface area contributed by atoms with E-state index in [-0.39, 0.29) is 11.6 Å². The van der Waals surface area contributed by atoms with Crippen molar-refractivity contribution in [3.8, 4) is 0 Å². The molecule has 2 unspecified atom stereocenters. The van der Waals surface area contributed by atoms with Crippen LogP contribution in [0.5, 0.6) is 0 Å². The van der Waals surface area contributed by atoms with Crippen LogP contribution in [-0.4, -0.2) is 64.7 Å². The molecule has 0 spiro atoms. The molecule has 2 aromatic rings. The summed E-state index contributed by atoms with van der Waals surface area (Å²) in [6.45, 7) is 0.347. The Bertz CT molecular complexity index is 1120. The minimum Gasteiger partial charge on any atom is -0.390 e. The number of alkyl halides is 3. The van der Waals surface area contributed by atoms with Crippen LogP contribution in [0.4, 0.5) is 13.2 Å². The Morgan fingerprint density at radius 2 is 1.76 bits per heavy atom. The van der Waals surface area contributed by atoms with Crippen LogP contribution >= 0.6 is 11.6 Å². The molecule has 4 N–H and O–H groups in total. The highest BCUT2D eigenvalue weighted by Crippen LogP contribution is 2.39. The van der Waals surface area contributed by atoms with Gasteiger partial charge >= 0.3 is 6.18 Å². The summed E-state index contributed by atoms with van der Waals surface area (Å²) in [6.07, 6.45) is -2.82. The van der Waals surface area contributed by atoms with Crippen LogP contribution in [-0.2, 0) is 16.6 Å². The standard InChI is InChI=1S/C26H29ClF3N3O4/c27-19-6-4-17(5-7-19)25(37)10-8-20(9-11-25)33-14-21(22(34)15-33)32-23(35)13-31-24(36)16-2-1-3-18(12-16)26(28,29)30/h1-7,12,20-22,34,37H,8-11,13-15H2,(H,31,36)(H,32,35). The van der Waals surface area contributed by atoms with Crippen molar-refractivity contribution in [3.05, 3.63) is 70.2 Å². The molecular weight excluding hydrogens is 511 g/mol. The van der Waals surface area contributed by atoms with Crippen LogP contribution in [0.15, 0.2) is 48.5 Å². The number of hydrogen-bond donors (Lipinski definition) is 4. The predicted octanol–water partition coefficient (Wildman–Crippen LogP) is 3.08. The fourth-order valence-electron chi connectivity index (χ4n) is 5.11. The lowest BCUT2D eigenvalue weighted by Gasteiger charge is -2.40. The smallest absolute Gasteiger partial charge is 0.390 e. The number of β-amino-alcohol motifs (C(OH)–C–C–N with tert-alkyl or cyclic N) is 1. The van der Waals surface area contributed by atoms with Gasteiger partial charge in [0.1, 0.15) is 0 Å². The van der Waals surface area contributed by atoms with Gasteiger partial charge in [-0.3, -0.25) is 14.5 Å². The number of halogens is 4. The topological polar surface area (TPSA) is 102 Å². The molecule has 37 heavy (non-hydrogen) atoms. The van der Waals surface area contributed by atoms with Crippen molar-refractivity contribution in [2.75, 3.05) is 19.6 Å². The molecule has 7 nitrogen and oxygen atoms in total. The Balaban J connectivity index is 1.25. The number of likely N-dealkylation sites (tertiary alicyclic amines) is 1. The summed E-state index contributed by atoms with van der Waals surface area (Å²) in [7, 11) is 0. The largest absolute Gasteiger partial charge is 0.416 e. The SMILES string of the molecule is O=C(CNC(=O)c1cccc(C(F)(F)F)c1)NC1CN(C2CCC(O)(c3ccc(Cl)cc3)CC2)CC1O. The summed E-state index contributed by atoms with van der Waals surface area (Å²) in [5, 5.41) is 27.2. The Morgan fingerprint density at radius 1 is 1.08 bits per heavy atom. The van der Waals surface area contributed by atoms with E-state index >= 15 is 0 Å². The van der Waals surface area contributed by atoms with E-state index in [2.05, 4.69) is 15.5 Å². The highest BCUT2D eigenvalue weighted by Gasteiger charge is 2.41. The lowest BCUT2D eigenvalue weighted by atomic mass is 9.77. The quantitative estimate of drug-likeness (QED) is 0.452. The second kappa shape index (κ2) is 11.0. The van der Waals surface area contributed by atoms with E-state index < -0.39 is 47.8 Å². The number of hydrogen-bond acceptors (Lipinski definition) is 5. The molecule has 0 radical (unpaired) electrons. The van der Waals surface area contributed by atoms with E-state index in [1.54, 1.807) is 12.1 Å². The van der Waals surface area contributed by atoms with Gasteiger partial charge in [-0.1, -0.05) is 29.8 Å². The first-order chi connectivity index (χ1) is 17.4. The average Bonchev–Trinajstić information content (AvgIpc) is 3.22. The van der Waals surface area contributed by atoms with Gasteiger partial charge < -0.3 is 20.8 Å². The second-order valence-electron chi connectivity index (χ2n) is 9.73. The zero-order valence-corrected chi connectivity index (χ0v) is 20.7. The first-order valence-electron chi connectivity index (χ1n) is 12.1. The van der Waals surface area contributed by atoms with Gasteiger partial charge in [-0.05, 0) is 61.6 Å². The highest BCUT2D eigenvalue weighted by atomic mass is 35.5. The van der Waals surface area contributed by atoms with Crippen LogP contribution in [0.3, 0.4) is 0 Å². The molecule has 2 amide bonds. The van der Waals surface area contributed by atoms with Gasteiger partial charge in [-0.25, -0.2) is 0 Å². The number of rotatable bonds is 6.